The highest BCUT2D eigenvalue weighted by Gasteiger charge is 2.35. The molecule has 3 rings (SSSR count). The third-order valence-electron chi connectivity index (χ3n) is 5.19. The molecule has 0 radical (unpaired) electrons. The zero-order valence-corrected chi connectivity index (χ0v) is 17.7. The summed E-state index contributed by atoms with van der Waals surface area (Å²) >= 11 is 0. The fraction of sp³-hybridized carbons (Fsp3) is 0.333. The van der Waals surface area contributed by atoms with Crippen LogP contribution in [0.1, 0.15) is 11.1 Å². The number of aliphatic hydroxyl groups excluding tert-OH is 2. The van der Waals surface area contributed by atoms with E-state index in [0.717, 1.165) is 21.7 Å². The number of piperazine rings is 1. The second-order valence-corrected chi connectivity index (χ2v) is 7.60. The molecular formula is C24H27N3O4. The Morgan fingerprint density at radius 1 is 0.839 bits per heavy atom. The van der Waals surface area contributed by atoms with Crippen molar-refractivity contribution in [2.24, 2.45) is 0 Å². The zero-order chi connectivity index (χ0) is 22.4. The minimum absolute atomic E-state index is 0.397. The van der Waals surface area contributed by atoms with Crippen molar-refractivity contribution in [1.29, 1.82) is 0 Å². The molecule has 7 heteroatoms. The van der Waals surface area contributed by atoms with Crippen LogP contribution in [0.3, 0.4) is 0 Å². The predicted octanol–water partition coefficient (Wildman–Crippen LogP) is 0.545. The van der Waals surface area contributed by atoms with Crippen LogP contribution in [0.25, 0.3) is 0 Å². The molecule has 2 N–H and O–H groups in total. The summed E-state index contributed by atoms with van der Waals surface area (Å²) in [6.45, 7) is 1.97. The molecule has 2 atom stereocenters. The molecule has 0 saturated carbocycles. The number of nitrogens with zero attached hydrogens (tertiary/aromatic N) is 3. The molecule has 0 aliphatic carbocycles. The highest BCUT2D eigenvalue weighted by atomic mass is 16.3. The first kappa shape index (κ1) is 22.3. The molecule has 31 heavy (non-hydrogen) atoms. The van der Waals surface area contributed by atoms with E-state index in [-0.39, 0.29) is 0 Å². The molecule has 0 unspecified atom stereocenters. The molecular weight excluding hydrogens is 394 g/mol. The lowest BCUT2D eigenvalue weighted by atomic mass is 10.1. The Balaban J connectivity index is 1.55. The summed E-state index contributed by atoms with van der Waals surface area (Å²) in [5.41, 5.74) is 2.91. The number of likely N-dealkylation sites (N-methyl/N-ethyl adjacent to an activating group) is 1. The van der Waals surface area contributed by atoms with Gasteiger partial charge >= 0.3 is 0 Å². The lowest BCUT2D eigenvalue weighted by Crippen LogP contribution is -2.55. The maximum atomic E-state index is 12.5. The van der Waals surface area contributed by atoms with E-state index in [9.17, 15) is 19.8 Å². The fourth-order valence-electron chi connectivity index (χ4n) is 3.33. The van der Waals surface area contributed by atoms with Crippen molar-refractivity contribution >= 4 is 17.5 Å². The number of anilines is 1. The average Bonchev–Trinajstić information content (AvgIpc) is 2.82. The van der Waals surface area contributed by atoms with Crippen molar-refractivity contribution in [3.63, 3.8) is 0 Å². The molecule has 1 aliphatic heterocycles. The summed E-state index contributed by atoms with van der Waals surface area (Å²) in [5.74, 6) is 4.95. The largest absolute Gasteiger partial charge is 0.380 e. The fourth-order valence-corrected chi connectivity index (χ4v) is 3.33. The molecule has 1 fully saturated rings. The first-order valence-corrected chi connectivity index (χ1v) is 10.1. The number of rotatable bonds is 4. The number of carbonyl (C=O) groups excluding carboxylic acids is 2. The summed E-state index contributed by atoms with van der Waals surface area (Å²) < 4.78 is 0. The van der Waals surface area contributed by atoms with Crippen molar-refractivity contribution in [3.8, 4) is 11.8 Å². The quantitative estimate of drug-likeness (QED) is 0.705. The molecule has 0 bridgehead atoms. The van der Waals surface area contributed by atoms with Crippen LogP contribution in [0.5, 0.6) is 0 Å². The minimum atomic E-state index is -1.76. The van der Waals surface area contributed by atoms with Gasteiger partial charge in [0.1, 0.15) is 0 Å². The Morgan fingerprint density at radius 3 is 1.94 bits per heavy atom. The second-order valence-electron chi connectivity index (χ2n) is 7.60. The van der Waals surface area contributed by atoms with Crippen molar-refractivity contribution in [1.82, 2.24) is 9.80 Å². The van der Waals surface area contributed by atoms with E-state index >= 15 is 0 Å². The standard InChI is InChI=1S/C24H27N3O4/c1-25(2)23(30)21(28)22(29)24(31)27-16-14-26(15-17-27)20-12-10-19(11-13-20)9-8-18-6-4-3-5-7-18/h3-7,10-13,21-22,28-29H,14-17H2,1-2H3/t21-,22-/m1/s1. The Morgan fingerprint density at radius 2 is 1.39 bits per heavy atom. The average molecular weight is 421 g/mol. The summed E-state index contributed by atoms with van der Waals surface area (Å²) in [7, 11) is 2.92. The van der Waals surface area contributed by atoms with Crippen LogP contribution in [0.15, 0.2) is 54.6 Å². The van der Waals surface area contributed by atoms with E-state index in [1.54, 1.807) is 0 Å². The number of hydrogen-bond acceptors (Lipinski definition) is 5. The van der Waals surface area contributed by atoms with Gasteiger partial charge in [-0.2, -0.15) is 0 Å². The van der Waals surface area contributed by atoms with Gasteiger partial charge in [0.25, 0.3) is 11.8 Å². The molecule has 1 saturated heterocycles. The number of hydrogen-bond donors (Lipinski definition) is 2. The smallest absolute Gasteiger partial charge is 0.254 e. The second kappa shape index (κ2) is 10.1. The normalized spacial score (nSPS) is 15.5. The number of amides is 2. The van der Waals surface area contributed by atoms with Gasteiger partial charge in [-0.3, -0.25) is 9.59 Å². The Labute approximate surface area is 182 Å². The van der Waals surface area contributed by atoms with Crippen LogP contribution in [-0.2, 0) is 9.59 Å². The SMILES string of the molecule is CN(C)C(=O)[C@H](O)[C@@H](O)C(=O)N1CCN(c2ccc(C#Cc3ccccc3)cc2)CC1. The van der Waals surface area contributed by atoms with Crippen molar-refractivity contribution in [2.45, 2.75) is 12.2 Å². The molecule has 7 nitrogen and oxygen atoms in total. The van der Waals surface area contributed by atoms with Gasteiger partial charge in [0, 0.05) is 57.1 Å². The van der Waals surface area contributed by atoms with Crippen LogP contribution in [0, 0.1) is 11.8 Å². The summed E-state index contributed by atoms with van der Waals surface area (Å²) in [6, 6.07) is 17.7. The third kappa shape index (κ3) is 5.63. The van der Waals surface area contributed by atoms with Crippen molar-refractivity contribution in [2.75, 3.05) is 45.2 Å². The number of carbonyl (C=O) groups is 2. The molecule has 2 aromatic rings. The lowest BCUT2D eigenvalue weighted by Gasteiger charge is -2.37. The van der Waals surface area contributed by atoms with Gasteiger partial charge < -0.3 is 24.9 Å². The minimum Gasteiger partial charge on any atom is -0.380 e. The Bertz CT molecular complexity index is 956. The maximum Gasteiger partial charge on any atom is 0.254 e. The van der Waals surface area contributed by atoms with Crippen molar-refractivity contribution < 1.29 is 19.8 Å². The highest BCUT2D eigenvalue weighted by molar-refractivity contribution is 5.90. The molecule has 1 heterocycles. The van der Waals surface area contributed by atoms with Crippen molar-refractivity contribution in [3.05, 3.63) is 65.7 Å². The molecule has 2 aromatic carbocycles. The van der Waals surface area contributed by atoms with Crippen LogP contribution in [0.4, 0.5) is 5.69 Å². The van der Waals surface area contributed by atoms with Crippen LogP contribution >= 0.6 is 0 Å². The monoisotopic (exact) mass is 421 g/mol. The van der Waals surface area contributed by atoms with E-state index in [1.807, 2.05) is 54.6 Å². The molecule has 1 aliphatic rings. The van der Waals surface area contributed by atoms with Gasteiger partial charge in [0.15, 0.2) is 12.2 Å². The zero-order valence-electron chi connectivity index (χ0n) is 17.7. The molecule has 0 spiro atoms. The topological polar surface area (TPSA) is 84.3 Å². The van der Waals surface area contributed by atoms with Gasteiger partial charge in [-0.05, 0) is 36.4 Å². The van der Waals surface area contributed by atoms with E-state index in [1.165, 1.54) is 19.0 Å². The van der Waals surface area contributed by atoms with Crippen LogP contribution in [0.2, 0.25) is 0 Å². The van der Waals surface area contributed by atoms with Gasteiger partial charge in [0.2, 0.25) is 0 Å². The van der Waals surface area contributed by atoms with E-state index < -0.39 is 24.0 Å². The van der Waals surface area contributed by atoms with E-state index in [4.69, 9.17) is 0 Å². The predicted molar refractivity (Wildman–Crippen MR) is 118 cm³/mol. The van der Waals surface area contributed by atoms with Crippen LogP contribution in [-0.4, -0.2) is 84.3 Å². The van der Waals surface area contributed by atoms with Gasteiger partial charge in [-0.25, -0.2) is 0 Å². The Hall–Kier alpha value is -3.34. The maximum absolute atomic E-state index is 12.5. The highest BCUT2D eigenvalue weighted by Crippen LogP contribution is 2.18. The first-order chi connectivity index (χ1) is 14.9. The van der Waals surface area contributed by atoms with Gasteiger partial charge in [0.05, 0.1) is 0 Å². The Kier molecular flexibility index (Phi) is 7.29. The number of aliphatic hydroxyl groups is 2. The molecule has 0 aromatic heterocycles. The summed E-state index contributed by atoms with van der Waals surface area (Å²) in [5, 5.41) is 20.0. The molecule has 162 valence electrons. The van der Waals surface area contributed by atoms with Gasteiger partial charge in [-0.1, -0.05) is 30.0 Å². The van der Waals surface area contributed by atoms with Crippen LogP contribution < -0.4 is 4.90 Å². The van der Waals surface area contributed by atoms with E-state index in [0.29, 0.717) is 26.2 Å². The third-order valence-corrected chi connectivity index (χ3v) is 5.19. The summed E-state index contributed by atoms with van der Waals surface area (Å²) in [4.78, 5) is 29.0. The van der Waals surface area contributed by atoms with Gasteiger partial charge in [-0.15, -0.1) is 0 Å². The lowest BCUT2D eigenvalue weighted by molar-refractivity contribution is -0.156. The van der Waals surface area contributed by atoms with E-state index in [2.05, 4.69) is 16.7 Å². The first-order valence-electron chi connectivity index (χ1n) is 10.1. The summed E-state index contributed by atoms with van der Waals surface area (Å²) in [6.07, 6.45) is -3.52. The number of benzene rings is 2. The molecule has 2 amide bonds.